The van der Waals surface area contributed by atoms with Gasteiger partial charge in [0.2, 0.25) is 0 Å². The second-order valence-corrected chi connectivity index (χ2v) is 20.7. The number of Topliss-reactive ketones (excluding diaryl/α,β-unsaturated/α-hetero) is 1. The summed E-state index contributed by atoms with van der Waals surface area (Å²) >= 11 is 0. The van der Waals surface area contributed by atoms with E-state index in [1.54, 1.807) is 21.0 Å². The Morgan fingerprint density at radius 1 is 0.887 bits per heavy atom. The van der Waals surface area contributed by atoms with Crippen LogP contribution in [-0.4, -0.2) is 103 Å². The Balaban J connectivity index is 1.25. The van der Waals surface area contributed by atoms with E-state index >= 15 is 0 Å². The maximum atomic E-state index is 14.1. The molecule has 6 aliphatic rings. The maximum Gasteiger partial charge on any atom is 0.309 e. The number of hydrogen-bond donors (Lipinski definition) is 2. The number of piperazine rings is 1. The van der Waals surface area contributed by atoms with E-state index in [0.717, 1.165) is 96.3 Å². The van der Waals surface area contributed by atoms with Crippen LogP contribution in [0, 0.1) is 56.2 Å². The molecule has 6 rings (SSSR count). The van der Waals surface area contributed by atoms with Gasteiger partial charge in [0.25, 0.3) is 0 Å². The first kappa shape index (κ1) is 40.8. The van der Waals surface area contributed by atoms with Crippen LogP contribution in [0.15, 0.2) is 11.1 Å². The minimum Gasteiger partial charge on any atom is -0.481 e. The molecule has 1 aliphatic heterocycles. The molecule has 9 nitrogen and oxygen atoms in total. The molecule has 0 aromatic heterocycles. The summed E-state index contributed by atoms with van der Waals surface area (Å²) in [7, 11) is 1.75. The molecular weight excluding hydrogens is 668 g/mol. The number of carbonyl (C=O) groups excluding carboxylic acids is 2. The van der Waals surface area contributed by atoms with Crippen LogP contribution in [-0.2, 0) is 23.9 Å². The van der Waals surface area contributed by atoms with Crippen molar-refractivity contribution in [2.75, 3.05) is 53.0 Å². The van der Waals surface area contributed by atoms with Gasteiger partial charge in [0.1, 0.15) is 6.10 Å². The van der Waals surface area contributed by atoms with Crippen molar-refractivity contribution in [3.05, 3.63) is 11.1 Å². The van der Waals surface area contributed by atoms with Gasteiger partial charge in [-0.15, -0.1) is 0 Å². The van der Waals surface area contributed by atoms with Gasteiger partial charge in [0.15, 0.2) is 5.78 Å². The van der Waals surface area contributed by atoms with Crippen molar-refractivity contribution in [3.8, 4) is 0 Å². The number of fused-ring (bicyclic) bond motifs is 7. The van der Waals surface area contributed by atoms with Crippen LogP contribution < -0.4 is 0 Å². The first-order chi connectivity index (χ1) is 24.7. The molecule has 1 saturated heterocycles. The molecule has 0 aromatic carbocycles. The molecule has 5 fully saturated rings. The molecule has 9 heteroatoms. The molecule has 9 atom stereocenters. The van der Waals surface area contributed by atoms with Gasteiger partial charge in [-0.2, -0.15) is 0 Å². The summed E-state index contributed by atoms with van der Waals surface area (Å²) in [6.45, 7) is 25.9. The largest absolute Gasteiger partial charge is 0.481 e. The highest BCUT2D eigenvalue weighted by Crippen LogP contribution is 2.77. The summed E-state index contributed by atoms with van der Waals surface area (Å²) in [5, 5.41) is 22.0. The van der Waals surface area contributed by atoms with Gasteiger partial charge in [-0.1, -0.05) is 54.0 Å². The zero-order chi connectivity index (χ0) is 38.9. The van der Waals surface area contributed by atoms with Crippen molar-refractivity contribution < 1.29 is 34.1 Å². The molecule has 0 unspecified atom stereocenters. The Kier molecular flexibility index (Phi) is 11.0. The Morgan fingerprint density at radius 2 is 1.55 bits per heavy atom. The van der Waals surface area contributed by atoms with E-state index in [1.165, 1.54) is 5.57 Å². The molecule has 4 saturated carbocycles. The zero-order valence-electron chi connectivity index (χ0n) is 34.8. The van der Waals surface area contributed by atoms with Gasteiger partial charge in [-0.05, 0) is 111 Å². The lowest BCUT2D eigenvalue weighted by Gasteiger charge is -2.72. The fourth-order valence-electron chi connectivity index (χ4n) is 13.7. The highest BCUT2D eigenvalue weighted by Gasteiger charge is 2.71. The maximum absolute atomic E-state index is 14.1. The summed E-state index contributed by atoms with van der Waals surface area (Å²) in [5.41, 5.74) is 0.657. The number of rotatable bonds is 11. The van der Waals surface area contributed by atoms with Crippen LogP contribution in [0.2, 0.25) is 0 Å². The monoisotopic (exact) mass is 741 g/mol. The SMILES string of the molecule is COCCN1CCN(C[C@@H](O)[C@@]23CC[C@]4(C)[C@H](CC[C@@H]5[C@@]6(C)CC[C@H](OC(=O)CC(C)(C)C(=O)O)C(C)(C)[C@@H]6CC[C@]54C)C2=C(C(C)C)C(=O)C3)CC1. The Bertz CT molecular complexity index is 1460. The minimum absolute atomic E-state index is 0.00998. The molecule has 300 valence electrons. The summed E-state index contributed by atoms with van der Waals surface area (Å²) in [6, 6.07) is 0. The van der Waals surface area contributed by atoms with E-state index in [4.69, 9.17) is 9.47 Å². The number of hydrogen-bond acceptors (Lipinski definition) is 8. The number of allylic oxidation sites excluding steroid dienone is 1. The number of aliphatic carboxylic acids is 1. The first-order valence-electron chi connectivity index (χ1n) is 21.0. The van der Waals surface area contributed by atoms with Crippen LogP contribution in [0.25, 0.3) is 0 Å². The number of ether oxygens (including phenoxy) is 2. The van der Waals surface area contributed by atoms with E-state index in [1.807, 2.05) is 0 Å². The smallest absolute Gasteiger partial charge is 0.309 e. The fourth-order valence-corrected chi connectivity index (χ4v) is 13.7. The topological polar surface area (TPSA) is 117 Å². The molecule has 0 amide bonds. The van der Waals surface area contributed by atoms with Crippen LogP contribution in [0.3, 0.4) is 0 Å². The van der Waals surface area contributed by atoms with Crippen LogP contribution >= 0.6 is 0 Å². The molecular formula is C44H72N2O7. The fraction of sp³-hybridized carbons (Fsp3) is 0.886. The predicted octanol–water partition coefficient (Wildman–Crippen LogP) is 7.00. The molecule has 0 bridgehead atoms. The quantitative estimate of drug-likeness (QED) is 0.216. The normalized spacial score (nSPS) is 39.6. The third kappa shape index (κ3) is 6.57. The van der Waals surface area contributed by atoms with Crippen LogP contribution in [0.4, 0.5) is 0 Å². The van der Waals surface area contributed by atoms with E-state index in [9.17, 15) is 24.6 Å². The highest BCUT2D eigenvalue weighted by atomic mass is 16.5. The number of esters is 1. The summed E-state index contributed by atoms with van der Waals surface area (Å²) in [5.74, 6) is 0.175. The second-order valence-electron chi connectivity index (χ2n) is 20.7. The molecule has 2 N–H and O–H groups in total. The van der Waals surface area contributed by atoms with Crippen LogP contribution in [0.5, 0.6) is 0 Å². The third-order valence-corrected chi connectivity index (χ3v) is 17.0. The average Bonchev–Trinajstić information content (AvgIpc) is 3.39. The van der Waals surface area contributed by atoms with E-state index in [2.05, 4.69) is 58.3 Å². The number of ketones is 1. The van der Waals surface area contributed by atoms with E-state index in [0.29, 0.717) is 24.8 Å². The molecule has 1 heterocycles. The number of carboxylic acids is 1. The highest BCUT2D eigenvalue weighted by molar-refractivity contribution is 6.00. The number of carbonyl (C=O) groups is 3. The lowest BCUT2D eigenvalue weighted by molar-refractivity contribution is -0.235. The van der Waals surface area contributed by atoms with Crippen molar-refractivity contribution in [1.29, 1.82) is 0 Å². The number of aliphatic hydroxyl groups excluding tert-OH is 1. The van der Waals surface area contributed by atoms with Gasteiger partial charge in [0, 0.05) is 63.6 Å². The number of β-amino-alcohol motifs (C(OH)–C–C–N with tert-alkyl or cyclic N) is 1. The van der Waals surface area contributed by atoms with Crippen molar-refractivity contribution in [2.24, 2.45) is 56.2 Å². The summed E-state index contributed by atoms with van der Waals surface area (Å²) < 4.78 is 11.5. The van der Waals surface area contributed by atoms with Gasteiger partial charge in [-0.3, -0.25) is 24.2 Å². The Labute approximate surface area is 320 Å². The molecule has 0 aromatic rings. The van der Waals surface area contributed by atoms with Crippen molar-refractivity contribution in [3.63, 3.8) is 0 Å². The average molecular weight is 741 g/mol. The number of nitrogens with zero attached hydrogens (tertiary/aromatic N) is 2. The Morgan fingerprint density at radius 3 is 2.17 bits per heavy atom. The zero-order valence-corrected chi connectivity index (χ0v) is 34.8. The van der Waals surface area contributed by atoms with Crippen molar-refractivity contribution in [1.82, 2.24) is 9.80 Å². The molecule has 53 heavy (non-hydrogen) atoms. The predicted molar refractivity (Wildman–Crippen MR) is 206 cm³/mol. The lowest BCUT2D eigenvalue weighted by Crippen LogP contribution is -2.66. The summed E-state index contributed by atoms with van der Waals surface area (Å²) in [4.78, 5) is 43.9. The summed E-state index contributed by atoms with van der Waals surface area (Å²) in [6.07, 6.45) is 7.52. The molecule has 0 radical (unpaired) electrons. The third-order valence-electron chi connectivity index (χ3n) is 17.0. The standard InChI is InChI=1S/C44H72N2O7/c1-28(2)36-30(47)25-44(33(48)27-46-21-19-45(20-22-46)23-24-52-10)18-17-42(8)29(37(36)44)11-12-32-41(7)15-14-34(53-35(49)26-39(3,4)38(50)51)40(5,6)31(41)13-16-43(32,42)9/h28-29,31-34,48H,11-27H2,1-10H3,(H,50,51)/t29-,31+,32-,33-,34+,41+,42-,43-,44+/m1/s1. The molecule has 5 aliphatic carbocycles. The first-order valence-corrected chi connectivity index (χ1v) is 21.0. The van der Waals surface area contributed by atoms with Gasteiger partial charge < -0.3 is 19.7 Å². The Hall–Kier alpha value is -1.81. The number of aliphatic hydroxyl groups is 1. The number of methoxy groups -OCH3 is 1. The second kappa shape index (κ2) is 14.3. The van der Waals surface area contributed by atoms with Crippen molar-refractivity contribution in [2.45, 2.75) is 139 Å². The van der Waals surface area contributed by atoms with E-state index in [-0.39, 0.29) is 51.8 Å². The van der Waals surface area contributed by atoms with E-state index < -0.39 is 28.9 Å². The van der Waals surface area contributed by atoms with Gasteiger partial charge in [-0.25, -0.2) is 0 Å². The lowest BCUT2D eigenvalue weighted by atomic mass is 9.33. The van der Waals surface area contributed by atoms with Gasteiger partial charge in [0.05, 0.1) is 24.5 Å². The minimum atomic E-state index is -1.16. The van der Waals surface area contributed by atoms with Crippen molar-refractivity contribution >= 4 is 17.7 Å². The number of carboxylic acid groups (broad SMARTS) is 1. The van der Waals surface area contributed by atoms with Gasteiger partial charge >= 0.3 is 11.9 Å². The molecule has 0 spiro atoms. The van der Waals surface area contributed by atoms with Crippen LogP contribution in [0.1, 0.15) is 127 Å².